The van der Waals surface area contributed by atoms with Crippen LogP contribution >= 0.6 is 0 Å². The number of rotatable bonds is 6. The molecule has 0 unspecified atom stereocenters. The smallest absolute Gasteiger partial charge is 0.122 e. The number of fused-ring (bicyclic) bond motifs is 1. The van der Waals surface area contributed by atoms with E-state index in [1.807, 2.05) is 0 Å². The zero-order valence-corrected chi connectivity index (χ0v) is 14.0. The molecule has 0 saturated heterocycles. The van der Waals surface area contributed by atoms with Crippen LogP contribution in [0.15, 0.2) is 29.8 Å². The first-order valence-electron chi connectivity index (χ1n) is 8.09. The third kappa shape index (κ3) is 5.55. The molecule has 0 aliphatic carbocycles. The van der Waals surface area contributed by atoms with Gasteiger partial charge in [0.05, 0.1) is 6.61 Å². The number of hydrogen-bond acceptors (Lipinski definition) is 2. The van der Waals surface area contributed by atoms with Crippen LogP contribution in [0.25, 0.3) is 0 Å². The third-order valence-electron chi connectivity index (χ3n) is 3.85. The Morgan fingerprint density at radius 2 is 2.14 bits per heavy atom. The number of allylic oxidation sites excluding steroid dienone is 1. The van der Waals surface area contributed by atoms with Crippen LogP contribution in [-0.4, -0.2) is 18.7 Å². The van der Waals surface area contributed by atoms with E-state index in [2.05, 4.69) is 57.3 Å². The van der Waals surface area contributed by atoms with Gasteiger partial charge in [0, 0.05) is 12.0 Å². The van der Waals surface area contributed by atoms with Gasteiger partial charge in [-0.2, -0.15) is 0 Å². The normalized spacial score (nSPS) is 15.0. The van der Waals surface area contributed by atoms with Crippen molar-refractivity contribution in [3.05, 3.63) is 41.0 Å². The summed E-state index contributed by atoms with van der Waals surface area (Å²) in [5, 5.41) is 3.52. The van der Waals surface area contributed by atoms with Crippen molar-refractivity contribution < 1.29 is 4.74 Å². The maximum atomic E-state index is 5.55. The maximum absolute atomic E-state index is 5.55. The molecule has 1 aliphatic heterocycles. The Morgan fingerprint density at radius 1 is 1.33 bits per heavy atom. The molecule has 0 saturated carbocycles. The molecule has 1 aromatic rings. The van der Waals surface area contributed by atoms with Crippen LogP contribution in [0.3, 0.4) is 0 Å². The van der Waals surface area contributed by atoms with Crippen molar-refractivity contribution in [1.29, 1.82) is 0 Å². The molecule has 0 fully saturated rings. The van der Waals surface area contributed by atoms with Crippen molar-refractivity contribution in [2.75, 3.05) is 13.2 Å². The Bertz CT molecular complexity index is 497. The Kier molecular flexibility index (Phi) is 5.46. The van der Waals surface area contributed by atoms with Gasteiger partial charge in [-0.25, -0.2) is 0 Å². The van der Waals surface area contributed by atoms with E-state index in [4.69, 9.17) is 4.74 Å². The van der Waals surface area contributed by atoms with Gasteiger partial charge in [0.25, 0.3) is 0 Å². The fourth-order valence-electron chi connectivity index (χ4n) is 2.60. The Morgan fingerprint density at radius 3 is 2.90 bits per heavy atom. The molecule has 1 N–H and O–H groups in total. The predicted molar refractivity (Wildman–Crippen MR) is 90.1 cm³/mol. The molecule has 0 aromatic heterocycles. The summed E-state index contributed by atoms with van der Waals surface area (Å²) in [7, 11) is 0. The van der Waals surface area contributed by atoms with Gasteiger partial charge in [-0.05, 0) is 70.7 Å². The maximum Gasteiger partial charge on any atom is 0.122 e. The van der Waals surface area contributed by atoms with E-state index < -0.39 is 0 Å². The standard InChI is InChI=1S/C19H29NO/c1-15(6-5-12-20-19(2,3)4)7-8-16-9-10-18-17(14-16)11-13-21-18/h6,9-10,14,20H,5,7-8,11-13H2,1-4H3. The zero-order chi connectivity index (χ0) is 15.3. The molecule has 1 heterocycles. The molecule has 2 heteroatoms. The van der Waals surface area contributed by atoms with Gasteiger partial charge in [-0.3, -0.25) is 0 Å². The summed E-state index contributed by atoms with van der Waals surface area (Å²) in [5.74, 6) is 1.08. The van der Waals surface area contributed by atoms with Crippen LogP contribution in [0.2, 0.25) is 0 Å². The summed E-state index contributed by atoms with van der Waals surface area (Å²) < 4.78 is 5.55. The molecule has 2 rings (SSSR count). The SMILES string of the molecule is CC(=CCCNC(C)(C)C)CCc1ccc2c(c1)CCO2. The fraction of sp³-hybridized carbons (Fsp3) is 0.579. The van der Waals surface area contributed by atoms with Crippen LogP contribution in [0.4, 0.5) is 0 Å². The lowest BCUT2D eigenvalue weighted by Crippen LogP contribution is -2.36. The average Bonchev–Trinajstić information content (AvgIpc) is 2.87. The van der Waals surface area contributed by atoms with Crippen LogP contribution in [0, 0.1) is 0 Å². The molecule has 0 bridgehead atoms. The van der Waals surface area contributed by atoms with E-state index in [0.717, 1.165) is 44.6 Å². The minimum Gasteiger partial charge on any atom is -0.493 e. The molecule has 0 atom stereocenters. The second kappa shape index (κ2) is 7.13. The third-order valence-corrected chi connectivity index (χ3v) is 3.85. The van der Waals surface area contributed by atoms with Crippen molar-refractivity contribution in [3.63, 3.8) is 0 Å². The minimum absolute atomic E-state index is 0.217. The van der Waals surface area contributed by atoms with Crippen molar-refractivity contribution in [1.82, 2.24) is 5.32 Å². The monoisotopic (exact) mass is 287 g/mol. The molecular formula is C19H29NO. The molecule has 0 radical (unpaired) electrons. The number of ether oxygens (including phenoxy) is 1. The summed E-state index contributed by atoms with van der Waals surface area (Å²) >= 11 is 0. The topological polar surface area (TPSA) is 21.3 Å². The zero-order valence-electron chi connectivity index (χ0n) is 14.0. The van der Waals surface area contributed by atoms with E-state index in [0.29, 0.717) is 0 Å². The van der Waals surface area contributed by atoms with Crippen LogP contribution in [0.5, 0.6) is 5.75 Å². The predicted octanol–water partition coefficient (Wildman–Crippen LogP) is 4.28. The van der Waals surface area contributed by atoms with E-state index in [-0.39, 0.29) is 5.54 Å². The lowest BCUT2D eigenvalue weighted by atomic mass is 10.0. The summed E-state index contributed by atoms with van der Waals surface area (Å²) in [6.45, 7) is 10.8. The lowest BCUT2D eigenvalue weighted by Gasteiger charge is -2.19. The van der Waals surface area contributed by atoms with Gasteiger partial charge >= 0.3 is 0 Å². The highest BCUT2D eigenvalue weighted by Gasteiger charge is 2.11. The highest BCUT2D eigenvalue weighted by Crippen LogP contribution is 2.26. The number of aryl methyl sites for hydroxylation is 1. The first-order chi connectivity index (χ1) is 9.94. The summed E-state index contributed by atoms with van der Waals surface area (Å²) in [6, 6.07) is 6.65. The lowest BCUT2D eigenvalue weighted by molar-refractivity contribution is 0.357. The van der Waals surface area contributed by atoms with Crippen LogP contribution in [0.1, 0.15) is 51.7 Å². The fourth-order valence-corrected chi connectivity index (χ4v) is 2.60. The highest BCUT2D eigenvalue weighted by molar-refractivity contribution is 5.40. The van der Waals surface area contributed by atoms with Gasteiger partial charge in [0.15, 0.2) is 0 Å². The van der Waals surface area contributed by atoms with Crippen molar-refractivity contribution in [3.8, 4) is 5.75 Å². The van der Waals surface area contributed by atoms with Crippen LogP contribution < -0.4 is 10.1 Å². The Labute approximate surface area is 129 Å². The van der Waals surface area contributed by atoms with E-state index >= 15 is 0 Å². The molecule has 0 amide bonds. The largest absolute Gasteiger partial charge is 0.493 e. The van der Waals surface area contributed by atoms with Gasteiger partial charge < -0.3 is 10.1 Å². The summed E-state index contributed by atoms with van der Waals surface area (Å²) in [5.41, 5.74) is 4.51. The second-order valence-corrected chi connectivity index (χ2v) is 7.06. The molecule has 21 heavy (non-hydrogen) atoms. The van der Waals surface area contributed by atoms with E-state index in [9.17, 15) is 0 Å². The van der Waals surface area contributed by atoms with Crippen LogP contribution in [-0.2, 0) is 12.8 Å². The number of nitrogens with one attached hydrogen (secondary N) is 1. The molecule has 2 nitrogen and oxygen atoms in total. The quantitative estimate of drug-likeness (QED) is 0.623. The molecule has 1 aliphatic rings. The number of benzene rings is 1. The first kappa shape index (κ1) is 16.1. The molecule has 116 valence electrons. The Balaban J connectivity index is 1.74. The van der Waals surface area contributed by atoms with Crippen molar-refractivity contribution in [2.45, 2.75) is 58.9 Å². The van der Waals surface area contributed by atoms with Gasteiger partial charge in [-0.15, -0.1) is 0 Å². The Hall–Kier alpha value is -1.28. The van der Waals surface area contributed by atoms with Gasteiger partial charge in [-0.1, -0.05) is 23.8 Å². The summed E-state index contributed by atoms with van der Waals surface area (Å²) in [4.78, 5) is 0. The van der Waals surface area contributed by atoms with Gasteiger partial charge in [0.1, 0.15) is 5.75 Å². The van der Waals surface area contributed by atoms with Crippen molar-refractivity contribution in [2.24, 2.45) is 0 Å². The number of hydrogen-bond donors (Lipinski definition) is 1. The second-order valence-electron chi connectivity index (χ2n) is 7.06. The van der Waals surface area contributed by atoms with E-state index in [1.165, 1.54) is 16.7 Å². The molecule has 1 aromatic carbocycles. The average molecular weight is 287 g/mol. The minimum atomic E-state index is 0.217. The van der Waals surface area contributed by atoms with Crippen molar-refractivity contribution >= 4 is 0 Å². The summed E-state index contributed by atoms with van der Waals surface area (Å²) in [6.07, 6.45) is 6.82. The van der Waals surface area contributed by atoms with E-state index in [1.54, 1.807) is 0 Å². The molecule has 0 spiro atoms. The highest BCUT2D eigenvalue weighted by atomic mass is 16.5. The van der Waals surface area contributed by atoms with Gasteiger partial charge in [0.2, 0.25) is 0 Å². The molecular weight excluding hydrogens is 258 g/mol. The first-order valence-corrected chi connectivity index (χ1v) is 8.09.